The summed E-state index contributed by atoms with van der Waals surface area (Å²) in [7, 11) is 0. The number of hydrogen-bond donors (Lipinski definition) is 1. The molecule has 1 amide bonds. The predicted molar refractivity (Wildman–Crippen MR) is 109 cm³/mol. The van der Waals surface area contributed by atoms with Crippen LogP contribution in [0.15, 0.2) is 53.4 Å². The van der Waals surface area contributed by atoms with E-state index in [2.05, 4.69) is 10.4 Å². The van der Waals surface area contributed by atoms with Crippen LogP contribution in [0.4, 0.5) is 5.82 Å². The van der Waals surface area contributed by atoms with Crippen LogP contribution in [-0.2, 0) is 6.54 Å². The van der Waals surface area contributed by atoms with E-state index in [1.165, 1.54) is 0 Å². The minimum absolute atomic E-state index is 0.276. The molecule has 134 valence electrons. The van der Waals surface area contributed by atoms with Crippen molar-refractivity contribution in [3.63, 3.8) is 0 Å². The number of amides is 1. The molecule has 0 atom stereocenters. The summed E-state index contributed by atoms with van der Waals surface area (Å²) in [6, 6.07) is 14.8. The van der Waals surface area contributed by atoms with Crippen molar-refractivity contribution >= 4 is 46.7 Å². The van der Waals surface area contributed by atoms with E-state index in [1.807, 2.05) is 54.3 Å². The normalized spacial score (nSPS) is 10.8. The molecule has 26 heavy (non-hydrogen) atoms. The fourth-order valence-electron chi connectivity index (χ4n) is 2.48. The van der Waals surface area contributed by atoms with Crippen LogP contribution in [0.25, 0.3) is 0 Å². The Morgan fingerprint density at radius 2 is 1.88 bits per heavy atom. The number of rotatable bonds is 5. The van der Waals surface area contributed by atoms with Gasteiger partial charge in [0.05, 0.1) is 17.1 Å². The zero-order valence-corrected chi connectivity index (χ0v) is 16.6. The number of carbonyl (C=O) groups excluding carboxylic acids is 1. The number of aryl methyl sites for hydroxylation is 1. The van der Waals surface area contributed by atoms with Crippen LogP contribution in [0, 0.1) is 6.92 Å². The summed E-state index contributed by atoms with van der Waals surface area (Å²) < 4.78 is 1.83. The molecule has 0 saturated carbocycles. The molecule has 0 bridgehead atoms. The molecule has 3 rings (SSSR count). The third-order valence-electron chi connectivity index (χ3n) is 3.89. The van der Waals surface area contributed by atoms with E-state index in [0.717, 1.165) is 16.2 Å². The molecule has 0 unspecified atom stereocenters. The highest BCUT2D eigenvalue weighted by atomic mass is 35.5. The molecular formula is C19H17Cl2N3OS. The first-order chi connectivity index (χ1) is 12.5. The molecule has 0 aliphatic carbocycles. The first kappa shape index (κ1) is 18.8. The SMILES string of the molecule is CSc1ccc(Cl)c(C(=O)Nc2cc(C)n(Cc3ccc(Cl)cc3)n2)c1. The molecular weight excluding hydrogens is 389 g/mol. The van der Waals surface area contributed by atoms with Gasteiger partial charge in [0.2, 0.25) is 0 Å². The highest BCUT2D eigenvalue weighted by molar-refractivity contribution is 7.98. The van der Waals surface area contributed by atoms with E-state index < -0.39 is 0 Å². The maximum atomic E-state index is 12.6. The average Bonchev–Trinajstić information content (AvgIpc) is 2.96. The standard InChI is InChI=1S/C19H17Cl2N3OS/c1-12-9-18(23-24(12)11-13-3-5-14(20)6-4-13)22-19(25)16-10-15(26-2)7-8-17(16)21/h3-10H,11H2,1-2H3,(H,22,23,25). The minimum atomic E-state index is -0.276. The number of hydrogen-bond acceptors (Lipinski definition) is 3. The second-order valence-electron chi connectivity index (χ2n) is 5.75. The zero-order chi connectivity index (χ0) is 18.7. The Kier molecular flexibility index (Phi) is 5.91. The third kappa shape index (κ3) is 4.41. The molecule has 1 heterocycles. The predicted octanol–water partition coefficient (Wildman–Crippen LogP) is 5.52. The number of aromatic nitrogens is 2. The summed E-state index contributed by atoms with van der Waals surface area (Å²) in [5, 5.41) is 8.40. The number of nitrogens with zero attached hydrogens (tertiary/aromatic N) is 2. The lowest BCUT2D eigenvalue weighted by molar-refractivity contribution is 0.102. The molecule has 0 fully saturated rings. The van der Waals surface area contributed by atoms with Crippen LogP contribution in [0.1, 0.15) is 21.6 Å². The van der Waals surface area contributed by atoms with Gasteiger partial charge in [-0.05, 0) is 49.1 Å². The van der Waals surface area contributed by atoms with Crippen LogP contribution in [-0.4, -0.2) is 21.9 Å². The highest BCUT2D eigenvalue weighted by Gasteiger charge is 2.14. The highest BCUT2D eigenvalue weighted by Crippen LogP contribution is 2.24. The molecule has 0 radical (unpaired) electrons. The Hall–Kier alpha value is -1.95. The van der Waals surface area contributed by atoms with Crippen LogP contribution < -0.4 is 5.32 Å². The Morgan fingerprint density at radius 3 is 2.58 bits per heavy atom. The van der Waals surface area contributed by atoms with Crippen molar-refractivity contribution in [2.24, 2.45) is 0 Å². The molecule has 0 aliphatic rings. The molecule has 4 nitrogen and oxygen atoms in total. The average molecular weight is 406 g/mol. The van der Waals surface area contributed by atoms with Gasteiger partial charge in [-0.1, -0.05) is 35.3 Å². The van der Waals surface area contributed by atoms with Gasteiger partial charge in [-0.2, -0.15) is 5.10 Å². The van der Waals surface area contributed by atoms with Crippen molar-refractivity contribution in [1.82, 2.24) is 9.78 Å². The smallest absolute Gasteiger partial charge is 0.258 e. The number of halogens is 2. The summed E-state index contributed by atoms with van der Waals surface area (Å²) in [6.07, 6.45) is 1.95. The largest absolute Gasteiger partial charge is 0.305 e. The lowest BCUT2D eigenvalue weighted by Gasteiger charge is -2.06. The number of benzene rings is 2. The quantitative estimate of drug-likeness (QED) is 0.568. The lowest BCUT2D eigenvalue weighted by Crippen LogP contribution is -2.13. The van der Waals surface area contributed by atoms with Gasteiger partial charge in [-0.3, -0.25) is 9.48 Å². The zero-order valence-electron chi connectivity index (χ0n) is 14.3. The minimum Gasteiger partial charge on any atom is -0.305 e. The van der Waals surface area contributed by atoms with Crippen molar-refractivity contribution < 1.29 is 4.79 Å². The van der Waals surface area contributed by atoms with Gasteiger partial charge in [-0.25, -0.2) is 0 Å². The Balaban J connectivity index is 1.76. The molecule has 0 aliphatic heterocycles. The van der Waals surface area contributed by atoms with Gasteiger partial charge < -0.3 is 5.32 Å². The number of thioether (sulfide) groups is 1. The summed E-state index contributed by atoms with van der Waals surface area (Å²) in [4.78, 5) is 13.5. The summed E-state index contributed by atoms with van der Waals surface area (Å²) in [6.45, 7) is 2.54. The monoisotopic (exact) mass is 405 g/mol. The molecule has 0 saturated heterocycles. The van der Waals surface area contributed by atoms with Crippen molar-refractivity contribution in [2.75, 3.05) is 11.6 Å². The van der Waals surface area contributed by atoms with Crippen LogP contribution >= 0.6 is 35.0 Å². The van der Waals surface area contributed by atoms with Crippen LogP contribution in [0.2, 0.25) is 10.0 Å². The van der Waals surface area contributed by atoms with E-state index in [4.69, 9.17) is 23.2 Å². The molecule has 3 aromatic rings. The first-order valence-electron chi connectivity index (χ1n) is 7.90. The first-order valence-corrected chi connectivity index (χ1v) is 9.88. The second-order valence-corrected chi connectivity index (χ2v) is 7.48. The van der Waals surface area contributed by atoms with Gasteiger partial charge in [0.1, 0.15) is 0 Å². The topological polar surface area (TPSA) is 46.9 Å². The molecule has 2 aromatic carbocycles. The van der Waals surface area contributed by atoms with Gasteiger partial charge in [0, 0.05) is 21.7 Å². The van der Waals surface area contributed by atoms with Crippen molar-refractivity contribution in [1.29, 1.82) is 0 Å². The molecule has 1 aromatic heterocycles. The number of nitrogens with one attached hydrogen (secondary N) is 1. The third-order valence-corrected chi connectivity index (χ3v) is 5.19. The molecule has 1 N–H and O–H groups in total. The molecule has 0 spiro atoms. The van der Waals surface area contributed by atoms with E-state index >= 15 is 0 Å². The molecule has 7 heteroatoms. The van der Waals surface area contributed by atoms with E-state index in [0.29, 0.717) is 28.0 Å². The second kappa shape index (κ2) is 8.16. The number of carbonyl (C=O) groups is 1. The summed E-state index contributed by atoms with van der Waals surface area (Å²) >= 11 is 13.6. The van der Waals surface area contributed by atoms with E-state index in [-0.39, 0.29) is 5.91 Å². The van der Waals surface area contributed by atoms with E-state index in [1.54, 1.807) is 23.9 Å². The Morgan fingerprint density at radius 1 is 1.15 bits per heavy atom. The van der Waals surface area contributed by atoms with Gasteiger partial charge in [-0.15, -0.1) is 11.8 Å². The van der Waals surface area contributed by atoms with Gasteiger partial charge in [0.15, 0.2) is 5.82 Å². The maximum Gasteiger partial charge on any atom is 0.258 e. The summed E-state index contributed by atoms with van der Waals surface area (Å²) in [5.41, 5.74) is 2.46. The van der Waals surface area contributed by atoms with Crippen molar-refractivity contribution in [2.45, 2.75) is 18.4 Å². The Bertz CT molecular complexity index is 938. The van der Waals surface area contributed by atoms with Gasteiger partial charge >= 0.3 is 0 Å². The lowest BCUT2D eigenvalue weighted by atomic mass is 10.2. The van der Waals surface area contributed by atoms with Crippen molar-refractivity contribution in [3.05, 3.63) is 75.4 Å². The van der Waals surface area contributed by atoms with Crippen LogP contribution in [0.5, 0.6) is 0 Å². The van der Waals surface area contributed by atoms with Crippen LogP contribution in [0.3, 0.4) is 0 Å². The summed E-state index contributed by atoms with van der Waals surface area (Å²) in [5.74, 6) is 0.217. The fraction of sp³-hybridized carbons (Fsp3) is 0.158. The van der Waals surface area contributed by atoms with E-state index in [9.17, 15) is 4.79 Å². The van der Waals surface area contributed by atoms with Crippen molar-refractivity contribution in [3.8, 4) is 0 Å². The number of anilines is 1. The Labute approximate surface area is 166 Å². The fourth-order valence-corrected chi connectivity index (χ4v) is 3.25. The van der Waals surface area contributed by atoms with Gasteiger partial charge in [0.25, 0.3) is 5.91 Å². The maximum absolute atomic E-state index is 12.6.